The Labute approximate surface area is 183 Å². The number of thioether (sulfide) groups is 1. The molecule has 1 aliphatic heterocycles. The number of nitrogens with zero attached hydrogens (tertiary/aromatic N) is 2. The second-order valence-corrected chi connectivity index (χ2v) is 8.14. The fraction of sp³-hybridized carbons (Fsp3) is 0.0870. The summed E-state index contributed by atoms with van der Waals surface area (Å²) < 4.78 is 0. The lowest BCUT2D eigenvalue weighted by Crippen LogP contribution is -2.28. The highest BCUT2D eigenvalue weighted by atomic mass is 35.5. The maximum absolute atomic E-state index is 12.5. The predicted molar refractivity (Wildman–Crippen MR) is 122 cm³/mol. The Bertz CT molecular complexity index is 1070. The predicted octanol–water partition coefficient (Wildman–Crippen LogP) is 4.88. The van der Waals surface area contributed by atoms with Crippen LogP contribution < -0.4 is 10.3 Å². The third-order valence-corrected chi connectivity index (χ3v) is 6.07. The summed E-state index contributed by atoms with van der Waals surface area (Å²) in [6, 6.07) is 24.0. The lowest BCUT2D eigenvalue weighted by atomic mass is 10.1. The smallest absolute Gasteiger partial charge is 0.271 e. The summed E-state index contributed by atoms with van der Waals surface area (Å²) in [5, 5.41) is 4.55. The van der Waals surface area contributed by atoms with Crippen LogP contribution in [0, 0.1) is 0 Å². The van der Waals surface area contributed by atoms with Gasteiger partial charge in [-0.3, -0.25) is 14.5 Å². The van der Waals surface area contributed by atoms with Crippen molar-refractivity contribution in [2.24, 2.45) is 5.10 Å². The number of hydrazone groups is 1. The van der Waals surface area contributed by atoms with E-state index in [1.54, 1.807) is 71.4 Å². The van der Waals surface area contributed by atoms with Gasteiger partial charge in [0.1, 0.15) is 5.37 Å². The molecule has 1 heterocycles. The van der Waals surface area contributed by atoms with Crippen LogP contribution in [0.1, 0.15) is 26.9 Å². The van der Waals surface area contributed by atoms with E-state index in [0.717, 1.165) is 16.8 Å². The van der Waals surface area contributed by atoms with Crippen molar-refractivity contribution in [1.29, 1.82) is 0 Å². The molecule has 0 spiro atoms. The van der Waals surface area contributed by atoms with E-state index >= 15 is 0 Å². The zero-order valence-electron chi connectivity index (χ0n) is 15.9. The SMILES string of the molecule is O=C(N/N=C\c1ccc(Cl)cc1)c1ccc(N2C(=O)CS[C@H]2c2ccccc2)cc1. The van der Waals surface area contributed by atoms with Crippen molar-refractivity contribution >= 4 is 47.1 Å². The first-order chi connectivity index (χ1) is 14.6. The van der Waals surface area contributed by atoms with Crippen LogP contribution in [0.25, 0.3) is 0 Å². The molecule has 1 N–H and O–H groups in total. The number of hydrogen-bond acceptors (Lipinski definition) is 4. The second-order valence-electron chi connectivity index (χ2n) is 6.64. The van der Waals surface area contributed by atoms with Crippen molar-refractivity contribution in [1.82, 2.24) is 5.43 Å². The number of anilines is 1. The minimum atomic E-state index is -0.325. The second kappa shape index (κ2) is 9.15. The highest BCUT2D eigenvalue weighted by molar-refractivity contribution is 8.00. The monoisotopic (exact) mass is 435 g/mol. The molecular weight excluding hydrogens is 418 g/mol. The minimum Gasteiger partial charge on any atom is -0.295 e. The summed E-state index contributed by atoms with van der Waals surface area (Å²) in [6.45, 7) is 0. The number of rotatable bonds is 5. The number of nitrogens with one attached hydrogen (secondary N) is 1. The van der Waals surface area contributed by atoms with Gasteiger partial charge in [0.25, 0.3) is 5.91 Å². The molecule has 4 rings (SSSR count). The molecule has 150 valence electrons. The molecule has 2 amide bonds. The Morgan fingerprint density at radius 1 is 1.03 bits per heavy atom. The van der Waals surface area contributed by atoms with Crippen molar-refractivity contribution in [3.8, 4) is 0 Å². The Morgan fingerprint density at radius 3 is 2.43 bits per heavy atom. The zero-order valence-corrected chi connectivity index (χ0v) is 17.4. The molecule has 7 heteroatoms. The summed E-state index contributed by atoms with van der Waals surface area (Å²) in [7, 11) is 0. The molecule has 0 saturated carbocycles. The van der Waals surface area contributed by atoms with E-state index in [9.17, 15) is 9.59 Å². The molecule has 3 aromatic carbocycles. The van der Waals surface area contributed by atoms with E-state index < -0.39 is 0 Å². The van der Waals surface area contributed by atoms with Gasteiger partial charge < -0.3 is 0 Å². The summed E-state index contributed by atoms with van der Waals surface area (Å²) in [5.74, 6) is 0.161. The Morgan fingerprint density at radius 2 is 1.73 bits per heavy atom. The first-order valence-electron chi connectivity index (χ1n) is 9.29. The van der Waals surface area contributed by atoms with Crippen LogP contribution in [0.3, 0.4) is 0 Å². The minimum absolute atomic E-state index is 0.0543. The van der Waals surface area contributed by atoms with Crippen LogP contribution in [-0.2, 0) is 4.79 Å². The standard InChI is InChI=1S/C23H18ClN3O2S/c24-19-10-6-16(7-11-19)14-25-26-22(29)17-8-12-20(13-9-17)27-21(28)15-30-23(27)18-4-2-1-3-5-18/h1-14,23H,15H2,(H,26,29)/b25-14-/t23-/m0/s1. The van der Waals surface area contributed by atoms with Gasteiger partial charge in [0, 0.05) is 16.3 Å². The Balaban J connectivity index is 1.44. The molecule has 0 radical (unpaired) electrons. The van der Waals surface area contributed by atoms with Gasteiger partial charge in [-0.2, -0.15) is 5.10 Å². The normalized spacial score (nSPS) is 16.2. The molecule has 1 atom stereocenters. The van der Waals surface area contributed by atoms with Crippen LogP contribution >= 0.6 is 23.4 Å². The van der Waals surface area contributed by atoms with Crippen LogP contribution in [0.5, 0.6) is 0 Å². The van der Waals surface area contributed by atoms with E-state index in [4.69, 9.17) is 11.6 Å². The van der Waals surface area contributed by atoms with Gasteiger partial charge in [-0.25, -0.2) is 5.43 Å². The molecule has 1 saturated heterocycles. The largest absolute Gasteiger partial charge is 0.295 e. The molecule has 0 bridgehead atoms. The van der Waals surface area contributed by atoms with Crippen molar-refractivity contribution in [2.45, 2.75) is 5.37 Å². The average molecular weight is 436 g/mol. The van der Waals surface area contributed by atoms with Gasteiger partial charge in [0.2, 0.25) is 5.91 Å². The molecular formula is C23H18ClN3O2S. The van der Waals surface area contributed by atoms with Crippen molar-refractivity contribution < 1.29 is 9.59 Å². The van der Waals surface area contributed by atoms with Crippen LogP contribution in [-0.4, -0.2) is 23.8 Å². The molecule has 1 fully saturated rings. The topological polar surface area (TPSA) is 61.8 Å². The number of carbonyl (C=O) groups is 2. The van der Waals surface area contributed by atoms with Gasteiger partial charge in [-0.1, -0.05) is 54.1 Å². The highest BCUT2D eigenvalue weighted by Crippen LogP contribution is 2.41. The number of carbonyl (C=O) groups excluding carboxylic acids is 2. The number of halogens is 1. The van der Waals surface area contributed by atoms with E-state index in [1.165, 1.54) is 0 Å². The van der Waals surface area contributed by atoms with E-state index in [0.29, 0.717) is 16.3 Å². The number of amides is 2. The molecule has 0 aromatic heterocycles. The van der Waals surface area contributed by atoms with Gasteiger partial charge in [0.05, 0.1) is 12.0 Å². The first-order valence-corrected chi connectivity index (χ1v) is 10.7. The van der Waals surface area contributed by atoms with Crippen molar-refractivity contribution in [3.63, 3.8) is 0 Å². The summed E-state index contributed by atoms with van der Waals surface area (Å²) >= 11 is 7.45. The Kier molecular flexibility index (Phi) is 6.16. The van der Waals surface area contributed by atoms with Crippen LogP contribution in [0.15, 0.2) is 84.0 Å². The van der Waals surface area contributed by atoms with E-state index in [-0.39, 0.29) is 17.2 Å². The van der Waals surface area contributed by atoms with Gasteiger partial charge in [0.15, 0.2) is 0 Å². The fourth-order valence-electron chi connectivity index (χ4n) is 3.12. The molecule has 30 heavy (non-hydrogen) atoms. The van der Waals surface area contributed by atoms with Gasteiger partial charge >= 0.3 is 0 Å². The highest BCUT2D eigenvalue weighted by Gasteiger charge is 2.33. The van der Waals surface area contributed by atoms with Gasteiger partial charge in [-0.05, 0) is 47.5 Å². The van der Waals surface area contributed by atoms with Crippen LogP contribution in [0.4, 0.5) is 5.69 Å². The fourth-order valence-corrected chi connectivity index (χ4v) is 4.42. The van der Waals surface area contributed by atoms with Crippen molar-refractivity contribution in [3.05, 3.63) is 101 Å². The maximum Gasteiger partial charge on any atom is 0.271 e. The van der Waals surface area contributed by atoms with Gasteiger partial charge in [-0.15, -0.1) is 11.8 Å². The zero-order chi connectivity index (χ0) is 20.9. The summed E-state index contributed by atoms with van der Waals surface area (Å²) in [4.78, 5) is 26.6. The third-order valence-electron chi connectivity index (χ3n) is 4.61. The summed E-state index contributed by atoms with van der Waals surface area (Å²) in [6.07, 6.45) is 1.55. The Hall–Kier alpha value is -3.09. The van der Waals surface area contributed by atoms with Crippen LogP contribution in [0.2, 0.25) is 5.02 Å². The number of benzene rings is 3. The molecule has 0 unspecified atom stereocenters. The lowest BCUT2D eigenvalue weighted by molar-refractivity contribution is -0.115. The third kappa shape index (κ3) is 4.56. The molecule has 5 nitrogen and oxygen atoms in total. The van der Waals surface area contributed by atoms with E-state index in [2.05, 4.69) is 10.5 Å². The maximum atomic E-state index is 12.5. The molecule has 1 aliphatic rings. The molecule has 3 aromatic rings. The number of hydrogen-bond donors (Lipinski definition) is 1. The average Bonchev–Trinajstić information content (AvgIpc) is 3.17. The van der Waals surface area contributed by atoms with Crippen molar-refractivity contribution in [2.75, 3.05) is 10.7 Å². The summed E-state index contributed by atoms with van der Waals surface area (Å²) in [5.41, 5.74) is 5.63. The first kappa shape index (κ1) is 20.2. The lowest BCUT2D eigenvalue weighted by Gasteiger charge is -2.24. The molecule has 0 aliphatic carbocycles. The van der Waals surface area contributed by atoms with E-state index in [1.807, 2.05) is 30.3 Å². The quantitative estimate of drug-likeness (QED) is 0.458.